The molecule has 0 spiro atoms. The zero-order valence-corrected chi connectivity index (χ0v) is 10.3. The van der Waals surface area contributed by atoms with Crippen molar-refractivity contribution in [3.63, 3.8) is 0 Å². The molecule has 0 saturated carbocycles. The molecular weight excluding hydrogens is 188 g/mol. The van der Waals surface area contributed by atoms with E-state index in [1.807, 2.05) is 0 Å². The van der Waals surface area contributed by atoms with E-state index in [4.69, 9.17) is 5.11 Å². The fourth-order valence-electron chi connectivity index (χ4n) is 2.37. The molecule has 0 aliphatic carbocycles. The van der Waals surface area contributed by atoms with Crippen molar-refractivity contribution < 1.29 is 5.11 Å². The first-order chi connectivity index (χ1) is 7.27. The highest BCUT2D eigenvalue weighted by Crippen LogP contribution is 2.09. The van der Waals surface area contributed by atoms with Gasteiger partial charge in [0.1, 0.15) is 0 Å². The normalized spacial score (nSPS) is 24.6. The van der Waals surface area contributed by atoms with Gasteiger partial charge in [-0.15, -0.1) is 0 Å². The van der Waals surface area contributed by atoms with Crippen LogP contribution < -0.4 is 0 Å². The third kappa shape index (κ3) is 4.49. The quantitative estimate of drug-likeness (QED) is 0.673. The average molecular weight is 214 g/mol. The Balaban J connectivity index is 2.11. The average Bonchev–Trinajstić information content (AvgIpc) is 2.25. The van der Waals surface area contributed by atoms with Crippen molar-refractivity contribution in [2.75, 3.05) is 39.3 Å². The maximum absolute atomic E-state index is 8.69. The van der Waals surface area contributed by atoms with Gasteiger partial charge in [-0.1, -0.05) is 6.92 Å². The Morgan fingerprint density at radius 2 is 2.00 bits per heavy atom. The Morgan fingerprint density at radius 1 is 1.20 bits per heavy atom. The number of rotatable bonds is 6. The SMILES string of the molecule is CCN1CCN(CCCCCO)CC1C. The van der Waals surface area contributed by atoms with E-state index in [0.717, 1.165) is 6.42 Å². The van der Waals surface area contributed by atoms with Crippen LogP contribution >= 0.6 is 0 Å². The van der Waals surface area contributed by atoms with Crippen molar-refractivity contribution in [1.29, 1.82) is 0 Å². The molecular formula is C12H26N2O. The van der Waals surface area contributed by atoms with Crippen molar-refractivity contribution >= 4 is 0 Å². The number of hydrogen-bond donors (Lipinski definition) is 1. The maximum atomic E-state index is 8.69. The molecule has 1 atom stereocenters. The van der Waals surface area contributed by atoms with Gasteiger partial charge < -0.3 is 10.0 Å². The number of piperazine rings is 1. The van der Waals surface area contributed by atoms with E-state index in [1.165, 1.54) is 45.6 Å². The molecule has 1 fully saturated rings. The number of unbranched alkanes of at least 4 members (excludes halogenated alkanes) is 2. The number of aliphatic hydroxyl groups excluding tert-OH is 1. The third-order valence-electron chi connectivity index (χ3n) is 3.39. The van der Waals surface area contributed by atoms with E-state index in [9.17, 15) is 0 Å². The van der Waals surface area contributed by atoms with E-state index in [-0.39, 0.29) is 0 Å². The van der Waals surface area contributed by atoms with Gasteiger partial charge in [-0.3, -0.25) is 4.90 Å². The van der Waals surface area contributed by atoms with Crippen LogP contribution in [0.25, 0.3) is 0 Å². The Bertz CT molecular complexity index is 164. The number of likely N-dealkylation sites (N-methyl/N-ethyl adjacent to an activating group) is 1. The molecule has 1 aliphatic heterocycles. The molecule has 15 heavy (non-hydrogen) atoms. The highest BCUT2D eigenvalue weighted by atomic mass is 16.2. The fraction of sp³-hybridized carbons (Fsp3) is 1.00. The Labute approximate surface area is 94.1 Å². The molecule has 1 saturated heterocycles. The molecule has 0 bridgehead atoms. The van der Waals surface area contributed by atoms with Crippen molar-refractivity contribution in [1.82, 2.24) is 9.80 Å². The maximum Gasteiger partial charge on any atom is 0.0431 e. The Kier molecular flexibility index (Phi) is 6.22. The molecule has 1 unspecified atom stereocenters. The van der Waals surface area contributed by atoms with Crippen LogP contribution in [0, 0.1) is 0 Å². The summed E-state index contributed by atoms with van der Waals surface area (Å²) in [6.45, 7) is 11.0. The van der Waals surface area contributed by atoms with Gasteiger partial charge in [-0.05, 0) is 39.3 Å². The van der Waals surface area contributed by atoms with Crippen LogP contribution in [-0.4, -0.2) is 60.3 Å². The van der Waals surface area contributed by atoms with Crippen LogP contribution in [-0.2, 0) is 0 Å². The van der Waals surface area contributed by atoms with Gasteiger partial charge in [0.2, 0.25) is 0 Å². The van der Waals surface area contributed by atoms with Gasteiger partial charge in [0, 0.05) is 32.3 Å². The summed E-state index contributed by atoms with van der Waals surface area (Å²) in [5, 5.41) is 8.69. The van der Waals surface area contributed by atoms with Crippen LogP contribution in [0.4, 0.5) is 0 Å². The molecule has 1 N–H and O–H groups in total. The summed E-state index contributed by atoms with van der Waals surface area (Å²) in [5.74, 6) is 0. The third-order valence-corrected chi connectivity index (χ3v) is 3.39. The van der Waals surface area contributed by atoms with Crippen molar-refractivity contribution in [3.05, 3.63) is 0 Å². The van der Waals surface area contributed by atoms with Crippen molar-refractivity contribution in [3.8, 4) is 0 Å². The van der Waals surface area contributed by atoms with Crippen LogP contribution in [0.3, 0.4) is 0 Å². The zero-order valence-electron chi connectivity index (χ0n) is 10.3. The minimum absolute atomic E-state index is 0.347. The van der Waals surface area contributed by atoms with E-state index in [0.29, 0.717) is 12.6 Å². The number of nitrogens with zero attached hydrogens (tertiary/aromatic N) is 2. The van der Waals surface area contributed by atoms with Crippen molar-refractivity contribution in [2.24, 2.45) is 0 Å². The highest BCUT2D eigenvalue weighted by Gasteiger charge is 2.21. The molecule has 3 nitrogen and oxygen atoms in total. The summed E-state index contributed by atoms with van der Waals surface area (Å²) in [5.41, 5.74) is 0. The summed E-state index contributed by atoms with van der Waals surface area (Å²) >= 11 is 0. The summed E-state index contributed by atoms with van der Waals surface area (Å²) < 4.78 is 0. The first-order valence-corrected chi connectivity index (χ1v) is 6.35. The molecule has 3 heteroatoms. The first kappa shape index (κ1) is 12.9. The first-order valence-electron chi connectivity index (χ1n) is 6.35. The smallest absolute Gasteiger partial charge is 0.0431 e. The second-order valence-corrected chi connectivity index (χ2v) is 4.56. The standard InChI is InChI=1S/C12H26N2O/c1-3-14-9-8-13(11-12(14)2)7-5-4-6-10-15/h12,15H,3-11H2,1-2H3. The second-order valence-electron chi connectivity index (χ2n) is 4.56. The molecule has 1 rings (SSSR count). The molecule has 0 aromatic heterocycles. The number of hydrogen-bond acceptors (Lipinski definition) is 3. The van der Waals surface area contributed by atoms with Crippen LogP contribution in [0.1, 0.15) is 33.1 Å². The van der Waals surface area contributed by atoms with Gasteiger partial charge in [0.25, 0.3) is 0 Å². The topological polar surface area (TPSA) is 26.7 Å². The predicted molar refractivity (Wildman–Crippen MR) is 64.1 cm³/mol. The van der Waals surface area contributed by atoms with Gasteiger partial charge in [0.15, 0.2) is 0 Å². The summed E-state index contributed by atoms with van der Waals surface area (Å²) in [4.78, 5) is 5.11. The minimum Gasteiger partial charge on any atom is -0.396 e. The summed E-state index contributed by atoms with van der Waals surface area (Å²) in [7, 11) is 0. The Hall–Kier alpha value is -0.120. The molecule has 1 aliphatic rings. The Morgan fingerprint density at radius 3 is 2.60 bits per heavy atom. The lowest BCUT2D eigenvalue weighted by Gasteiger charge is -2.39. The highest BCUT2D eigenvalue weighted by molar-refractivity contribution is 4.77. The lowest BCUT2D eigenvalue weighted by Crippen LogP contribution is -2.51. The molecule has 1 heterocycles. The lowest BCUT2D eigenvalue weighted by atomic mass is 10.1. The van der Waals surface area contributed by atoms with Gasteiger partial charge in [-0.2, -0.15) is 0 Å². The summed E-state index contributed by atoms with van der Waals surface area (Å²) in [6, 6.07) is 0.710. The van der Waals surface area contributed by atoms with E-state index < -0.39 is 0 Å². The van der Waals surface area contributed by atoms with E-state index in [1.54, 1.807) is 0 Å². The van der Waals surface area contributed by atoms with Crippen LogP contribution in [0.15, 0.2) is 0 Å². The molecule has 0 aromatic carbocycles. The fourth-order valence-corrected chi connectivity index (χ4v) is 2.37. The zero-order chi connectivity index (χ0) is 11.1. The second kappa shape index (κ2) is 7.20. The van der Waals surface area contributed by atoms with Crippen LogP contribution in [0.2, 0.25) is 0 Å². The van der Waals surface area contributed by atoms with Gasteiger partial charge in [0.05, 0.1) is 0 Å². The van der Waals surface area contributed by atoms with E-state index in [2.05, 4.69) is 23.6 Å². The summed E-state index contributed by atoms with van der Waals surface area (Å²) in [6.07, 6.45) is 3.36. The minimum atomic E-state index is 0.347. The molecule has 0 aromatic rings. The van der Waals surface area contributed by atoms with Gasteiger partial charge >= 0.3 is 0 Å². The lowest BCUT2D eigenvalue weighted by molar-refractivity contribution is 0.0866. The molecule has 0 radical (unpaired) electrons. The van der Waals surface area contributed by atoms with E-state index >= 15 is 0 Å². The number of aliphatic hydroxyl groups is 1. The predicted octanol–water partition coefficient (Wildman–Crippen LogP) is 1.17. The monoisotopic (exact) mass is 214 g/mol. The van der Waals surface area contributed by atoms with Crippen molar-refractivity contribution in [2.45, 2.75) is 39.2 Å². The van der Waals surface area contributed by atoms with Crippen LogP contribution in [0.5, 0.6) is 0 Å². The van der Waals surface area contributed by atoms with Gasteiger partial charge in [-0.25, -0.2) is 0 Å². The largest absolute Gasteiger partial charge is 0.396 e. The molecule has 0 amide bonds. The molecule has 90 valence electrons.